The van der Waals surface area contributed by atoms with Crippen LogP contribution in [0, 0.1) is 0 Å². The van der Waals surface area contributed by atoms with Crippen LogP contribution in [0.2, 0.25) is 0 Å². The van der Waals surface area contributed by atoms with Gasteiger partial charge in [-0.3, -0.25) is 4.79 Å². The van der Waals surface area contributed by atoms with E-state index in [0.29, 0.717) is 23.7 Å². The van der Waals surface area contributed by atoms with Crippen LogP contribution in [0.15, 0.2) is 47.6 Å². The Morgan fingerprint density at radius 1 is 1.00 bits per heavy atom. The van der Waals surface area contributed by atoms with Gasteiger partial charge in [0, 0.05) is 12.1 Å². The first-order valence-corrected chi connectivity index (χ1v) is 8.80. The van der Waals surface area contributed by atoms with Crippen LogP contribution in [-0.4, -0.2) is 32.4 Å². The lowest BCUT2D eigenvalue weighted by molar-refractivity contribution is -0.123. The fraction of sp³-hybridized carbons (Fsp3) is 0.333. The van der Waals surface area contributed by atoms with Gasteiger partial charge in [0.25, 0.3) is 5.91 Å². The molecule has 0 spiro atoms. The quantitative estimate of drug-likeness (QED) is 0.543. The fourth-order valence-electron chi connectivity index (χ4n) is 2.49. The van der Waals surface area contributed by atoms with Crippen molar-refractivity contribution in [2.24, 2.45) is 5.10 Å². The van der Waals surface area contributed by atoms with Crippen molar-refractivity contribution in [3.63, 3.8) is 0 Å². The van der Waals surface area contributed by atoms with Crippen molar-refractivity contribution in [3.8, 4) is 17.2 Å². The van der Waals surface area contributed by atoms with Gasteiger partial charge in [0.05, 0.1) is 14.2 Å². The summed E-state index contributed by atoms with van der Waals surface area (Å²) in [7, 11) is 3.19. The molecule has 2 aromatic rings. The maximum Gasteiger partial charge on any atom is 0.277 e. The van der Waals surface area contributed by atoms with Gasteiger partial charge in [0.15, 0.2) is 18.1 Å². The summed E-state index contributed by atoms with van der Waals surface area (Å²) in [5.74, 6) is 1.69. The molecule has 6 heteroatoms. The SMILES string of the molecule is CCc1ccc(OCC(=O)N/N=C(/C)Cc2ccc(OC)c(OC)c2)cc1. The van der Waals surface area contributed by atoms with Crippen LogP contribution < -0.4 is 19.6 Å². The topological polar surface area (TPSA) is 69.2 Å². The summed E-state index contributed by atoms with van der Waals surface area (Å²) in [6.45, 7) is 3.85. The molecule has 2 rings (SSSR count). The zero-order valence-electron chi connectivity index (χ0n) is 16.2. The van der Waals surface area contributed by atoms with Crippen molar-refractivity contribution in [1.82, 2.24) is 5.43 Å². The molecule has 144 valence electrons. The number of hydrogen-bond acceptors (Lipinski definition) is 5. The Labute approximate surface area is 160 Å². The summed E-state index contributed by atoms with van der Waals surface area (Å²) in [6, 6.07) is 13.4. The van der Waals surface area contributed by atoms with Crippen molar-refractivity contribution in [2.75, 3.05) is 20.8 Å². The molecule has 0 atom stereocenters. The van der Waals surface area contributed by atoms with Gasteiger partial charge in [-0.25, -0.2) is 5.43 Å². The van der Waals surface area contributed by atoms with Crippen molar-refractivity contribution >= 4 is 11.6 Å². The normalized spacial score (nSPS) is 11.0. The van der Waals surface area contributed by atoms with E-state index in [1.54, 1.807) is 14.2 Å². The van der Waals surface area contributed by atoms with Crippen LogP contribution in [0.4, 0.5) is 0 Å². The van der Waals surface area contributed by atoms with Gasteiger partial charge in [0.1, 0.15) is 5.75 Å². The van der Waals surface area contributed by atoms with E-state index in [2.05, 4.69) is 17.5 Å². The maximum absolute atomic E-state index is 11.9. The minimum atomic E-state index is -0.304. The molecule has 0 aliphatic carbocycles. The Morgan fingerprint density at radius 3 is 2.30 bits per heavy atom. The molecule has 1 N–H and O–H groups in total. The number of nitrogens with zero attached hydrogens (tertiary/aromatic N) is 1. The molecule has 0 radical (unpaired) electrons. The molecule has 0 heterocycles. The zero-order chi connectivity index (χ0) is 19.6. The third-order valence-corrected chi connectivity index (χ3v) is 3.98. The van der Waals surface area contributed by atoms with Gasteiger partial charge in [-0.15, -0.1) is 0 Å². The molecular weight excluding hydrogens is 344 g/mol. The van der Waals surface area contributed by atoms with Crippen LogP contribution in [0.25, 0.3) is 0 Å². The van der Waals surface area contributed by atoms with E-state index in [1.807, 2.05) is 49.4 Å². The number of hydrogen-bond donors (Lipinski definition) is 1. The molecule has 0 aliphatic rings. The second-order valence-corrected chi connectivity index (χ2v) is 6.03. The standard InChI is InChI=1S/C21H26N2O4/c1-5-16-6-9-18(10-7-16)27-14-21(24)23-22-15(2)12-17-8-11-19(25-3)20(13-17)26-4/h6-11,13H,5,12,14H2,1-4H3,(H,23,24)/b22-15-. The molecule has 0 aliphatic heterocycles. The lowest BCUT2D eigenvalue weighted by Crippen LogP contribution is -2.25. The van der Waals surface area contributed by atoms with E-state index in [4.69, 9.17) is 14.2 Å². The number of ether oxygens (including phenoxy) is 3. The Hall–Kier alpha value is -3.02. The number of methoxy groups -OCH3 is 2. The van der Waals surface area contributed by atoms with E-state index in [0.717, 1.165) is 17.7 Å². The van der Waals surface area contributed by atoms with Crippen LogP contribution in [0.5, 0.6) is 17.2 Å². The number of benzene rings is 2. The minimum Gasteiger partial charge on any atom is -0.493 e. The van der Waals surface area contributed by atoms with Gasteiger partial charge in [-0.2, -0.15) is 5.10 Å². The summed E-state index contributed by atoms with van der Waals surface area (Å²) in [5, 5.41) is 4.12. The third kappa shape index (κ3) is 6.33. The Morgan fingerprint density at radius 2 is 1.67 bits per heavy atom. The second-order valence-electron chi connectivity index (χ2n) is 6.03. The molecule has 2 aromatic carbocycles. The smallest absolute Gasteiger partial charge is 0.277 e. The largest absolute Gasteiger partial charge is 0.493 e. The van der Waals surface area contributed by atoms with Gasteiger partial charge in [0.2, 0.25) is 0 Å². The number of rotatable bonds is 9. The van der Waals surface area contributed by atoms with E-state index in [-0.39, 0.29) is 12.5 Å². The summed E-state index contributed by atoms with van der Waals surface area (Å²) in [6.07, 6.45) is 1.55. The van der Waals surface area contributed by atoms with Crippen molar-refractivity contribution in [2.45, 2.75) is 26.7 Å². The molecule has 0 saturated carbocycles. The number of carbonyl (C=O) groups is 1. The van der Waals surface area contributed by atoms with Gasteiger partial charge in [-0.05, 0) is 48.7 Å². The van der Waals surface area contributed by atoms with Crippen molar-refractivity contribution in [3.05, 3.63) is 53.6 Å². The number of amides is 1. The molecule has 0 bridgehead atoms. The van der Waals surface area contributed by atoms with Crippen LogP contribution >= 0.6 is 0 Å². The third-order valence-electron chi connectivity index (χ3n) is 3.98. The highest BCUT2D eigenvalue weighted by molar-refractivity contribution is 5.86. The van der Waals surface area contributed by atoms with E-state index < -0.39 is 0 Å². The summed E-state index contributed by atoms with van der Waals surface area (Å²) in [5.41, 5.74) is 5.52. The number of hydrazone groups is 1. The van der Waals surface area contributed by atoms with Gasteiger partial charge >= 0.3 is 0 Å². The predicted molar refractivity (Wildman–Crippen MR) is 106 cm³/mol. The number of aryl methyl sites for hydroxylation is 1. The molecule has 0 saturated heterocycles. The van der Waals surface area contributed by atoms with Crippen molar-refractivity contribution in [1.29, 1.82) is 0 Å². The zero-order valence-corrected chi connectivity index (χ0v) is 16.2. The Kier molecular flexibility index (Phi) is 7.67. The van der Waals surface area contributed by atoms with Gasteiger partial charge < -0.3 is 14.2 Å². The molecule has 0 fully saturated rings. The summed E-state index contributed by atoms with van der Waals surface area (Å²) >= 11 is 0. The number of carbonyl (C=O) groups excluding carboxylic acids is 1. The maximum atomic E-state index is 11.9. The Bertz CT molecular complexity index is 785. The molecule has 1 amide bonds. The second kappa shape index (κ2) is 10.2. The summed E-state index contributed by atoms with van der Waals surface area (Å²) in [4.78, 5) is 11.9. The first kappa shape index (κ1) is 20.3. The van der Waals surface area contributed by atoms with E-state index in [1.165, 1.54) is 5.56 Å². The lowest BCUT2D eigenvalue weighted by atomic mass is 10.1. The first-order chi connectivity index (χ1) is 13.0. The predicted octanol–water partition coefficient (Wildman–Crippen LogP) is 3.38. The van der Waals surface area contributed by atoms with E-state index >= 15 is 0 Å². The lowest BCUT2D eigenvalue weighted by Gasteiger charge is -2.09. The summed E-state index contributed by atoms with van der Waals surface area (Å²) < 4.78 is 16.0. The molecule has 6 nitrogen and oxygen atoms in total. The number of nitrogens with one attached hydrogen (secondary N) is 1. The highest BCUT2D eigenvalue weighted by Gasteiger charge is 2.06. The van der Waals surface area contributed by atoms with Crippen LogP contribution in [-0.2, 0) is 17.6 Å². The minimum absolute atomic E-state index is 0.0847. The van der Waals surface area contributed by atoms with Gasteiger partial charge in [-0.1, -0.05) is 25.1 Å². The average molecular weight is 370 g/mol. The van der Waals surface area contributed by atoms with Crippen molar-refractivity contribution < 1.29 is 19.0 Å². The molecule has 0 unspecified atom stereocenters. The highest BCUT2D eigenvalue weighted by atomic mass is 16.5. The van der Waals surface area contributed by atoms with Crippen LogP contribution in [0.1, 0.15) is 25.0 Å². The monoisotopic (exact) mass is 370 g/mol. The highest BCUT2D eigenvalue weighted by Crippen LogP contribution is 2.27. The Balaban J connectivity index is 1.84. The fourth-order valence-corrected chi connectivity index (χ4v) is 2.49. The van der Waals surface area contributed by atoms with E-state index in [9.17, 15) is 4.79 Å². The van der Waals surface area contributed by atoms with Crippen LogP contribution in [0.3, 0.4) is 0 Å². The molecule has 27 heavy (non-hydrogen) atoms. The molecule has 0 aromatic heterocycles. The average Bonchev–Trinajstić information content (AvgIpc) is 2.70. The first-order valence-electron chi connectivity index (χ1n) is 8.80. The molecular formula is C21H26N2O4.